The lowest BCUT2D eigenvalue weighted by Crippen LogP contribution is -2.60. The molecule has 470 valence electrons. The van der Waals surface area contributed by atoms with Gasteiger partial charge in [-0.2, -0.15) is 0 Å². The third kappa shape index (κ3) is 20.7. The molecule has 10 N–H and O–H groups in total. The largest absolute Gasteiger partial charge is 0.495 e. The number of aliphatic hydroxyl groups excluding tert-OH is 3. The van der Waals surface area contributed by atoms with Gasteiger partial charge in [0.2, 0.25) is 35.4 Å². The Labute approximate surface area is 499 Å². The molecular weight excluding hydrogens is 1130 g/mol. The number of methoxy groups -OCH3 is 2. The summed E-state index contributed by atoms with van der Waals surface area (Å²) < 4.78 is 34.0. The van der Waals surface area contributed by atoms with Gasteiger partial charge >= 0.3 is 17.9 Å². The smallest absolute Gasteiger partial charge is 0.347 e. The number of aliphatic hydroxyl groups is 3. The molecule has 3 heterocycles. The molecule has 0 aliphatic carbocycles. The Kier molecular flexibility index (Phi) is 26.1. The van der Waals surface area contributed by atoms with E-state index in [2.05, 4.69) is 31.9 Å². The van der Waals surface area contributed by atoms with Crippen molar-refractivity contribution >= 4 is 65.0 Å². The summed E-state index contributed by atoms with van der Waals surface area (Å²) in [7, 11) is 2.70. The van der Waals surface area contributed by atoms with Gasteiger partial charge in [0.1, 0.15) is 60.5 Å². The molecule has 3 aliphatic heterocycles. The van der Waals surface area contributed by atoms with Crippen molar-refractivity contribution in [2.75, 3.05) is 27.3 Å². The second-order valence-electron chi connectivity index (χ2n) is 23.0. The molecule has 0 aromatic heterocycles. The molecular formula is C59H83ClN6O19. The summed E-state index contributed by atoms with van der Waals surface area (Å²) in [5, 5.41) is 56.3. The molecule has 6 amide bonds. The summed E-state index contributed by atoms with van der Waals surface area (Å²) in [5.74, 6) is -7.06. The fourth-order valence-electron chi connectivity index (χ4n) is 9.53. The van der Waals surface area contributed by atoms with Crippen LogP contribution in [0.1, 0.15) is 116 Å². The Bertz CT molecular complexity index is 2690. The van der Waals surface area contributed by atoms with Crippen LogP contribution in [0, 0.1) is 23.2 Å². The van der Waals surface area contributed by atoms with Crippen molar-refractivity contribution in [1.82, 2.24) is 31.9 Å². The number of carboxylic acid groups (broad SMARTS) is 1. The summed E-state index contributed by atoms with van der Waals surface area (Å²) in [6.07, 6.45) is -8.34. The van der Waals surface area contributed by atoms with Gasteiger partial charge in [0.05, 0.1) is 23.7 Å². The molecule has 85 heavy (non-hydrogen) atoms. The van der Waals surface area contributed by atoms with E-state index >= 15 is 0 Å². The van der Waals surface area contributed by atoms with E-state index in [-0.39, 0.29) is 76.9 Å². The molecule has 3 aliphatic rings. The minimum absolute atomic E-state index is 0.0312. The van der Waals surface area contributed by atoms with E-state index in [4.69, 9.17) is 45.1 Å². The minimum atomic E-state index is -1.63. The SMILES string of the molecule is COc1ccc(C[C@H]2NC(=O)/C=C\C[C@@H]([C@H](C)[C@H]3O[C@@H]3c3ccc(CNC(=O)[C@H](CCC(=O)NC[C@H]4O[C@@H](OC)[C@H](O)[C@@H](O)[C@@H]4O)NC(=O)[C@@H](NC(=O)CCCC(=O)O)C(C)C)cc3)OC(=O)[C@H](CC(C)C)OC(=O)C(C)(C)CNC2=O)cc1Cl. The van der Waals surface area contributed by atoms with E-state index in [1.54, 1.807) is 70.2 Å². The lowest BCUT2D eigenvalue weighted by molar-refractivity contribution is -0.288. The fourth-order valence-corrected chi connectivity index (χ4v) is 9.81. The number of nitrogens with one attached hydrogen (secondary N) is 6. The van der Waals surface area contributed by atoms with Gasteiger partial charge in [-0.05, 0) is 79.8 Å². The number of hydrogen-bond acceptors (Lipinski definition) is 18. The van der Waals surface area contributed by atoms with E-state index in [1.807, 2.05) is 20.8 Å². The van der Waals surface area contributed by atoms with Crippen LogP contribution >= 0.6 is 11.6 Å². The van der Waals surface area contributed by atoms with E-state index in [0.29, 0.717) is 21.9 Å². The van der Waals surface area contributed by atoms with Crippen molar-refractivity contribution in [3.05, 3.63) is 76.3 Å². The molecule has 0 radical (unpaired) electrons. The first-order valence-corrected chi connectivity index (χ1v) is 28.8. The summed E-state index contributed by atoms with van der Waals surface area (Å²) >= 11 is 6.38. The standard InChI is InChI=1S/C59H83ClN6O19/c1-30(2)24-41-56(78)82-39(12-10-13-44(68)64-38(26-34-18-22-40(80-8)36(60)25-34)54(76)63-29-59(6,7)58(79)84-41)32(5)51-52(85-51)35-19-16-33(17-20-35)27-62-53(75)37(65-55(77)47(31(3)4)66-45(69)14-11-15-46(70)71)21-23-43(67)61-28-42-48(72)49(73)50(74)57(81-9)83-42/h10,13,16-20,22,25,30-32,37-39,41-42,47-52,57,72-74H,11-12,14-15,21,23-24,26-29H2,1-9H3,(H,61,67)(H,62,75)(H,63,76)(H,64,68)(H,65,77)(H,66,69)(H,70,71)/b13-10-/t32-,37-,38+,39-,41-,42+,47-,48+,49-,50+,51+,52+,57+/m0/s1. The zero-order valence-electron chi connectivity index (χ0n) is 49.4. The van der Waals surface area contributed by atoms with Crippen LogP contribution < -0.4 is 36.6 Å². The van der Waals surface area contributed by atoms with E-state index < -0.39 is 144 Å². The maximum absolute atomic E-state index is 14.0. The van der Waals surface area contributed by atoms with Crippen LogP contribution in [-0.2, 0) is 79.8 Å². The highest BCUT2D eigenvalue weighted by Gasteiger charge is 2.48. The number of cyclic esters (lactones) is 2. The van der Waals surface area contributed by atoms with Crippen molar-refractivity contribution in [3.63, 3.8) is 0 Å². The van der Waals surface area contributed by atoms with Gasteiger partial charge in [-0.25, -0.2) is 4.79 Å². The lowest BCUT2D eigenvalue weighted by Gasteiger charge is -2.39. The average molecular weight is 1220 g/mol. The fraction of sp³-hybridized carbons (Fsp3) is 0.610. The van der Waals surface area contributed by atoms with Gasteiger partial charge in [-0.3, -0.25) is 38.4 Å². The highest BCUT2D eigenvalue weighted by molar-refractivity contribution is 6.32. The molecule has 0 bridgehead atoms. The van der Waals surface area contributed by atoms with Crippen molar-refractivity contribution in [2.45, 2.75) is 180 Å². The Morgan fingerprint density at radius 2 is 1.52 bits per heavy atom. The number of carbonyl (C=O) groups is 9. The molecule has 0 unspecified atom stereocenters. The van der Waals surface area contributed by atoms with Gasteiger partial charge in [-0.1, -0.05) is 82.6 Å². The topological polar surface area (TPSA) is 365 Å². The molecule has 2 aromatic carbocycles. The number of halogens is 1. The molecule has 26 heteroatoms. The first-order chi connectivity index (χ1) is 40.1. The summed E-state index contributed by atoms with van der Waals surface area (Å²) in [4.78, 5) is 120. The number of benzene rings is 2. The van der Waals surface area contributed by atoms with Crippen molar-refractivity contribution in [2.24, 2.45) is 23.2 Å². The van der Waals surface area contributed by atoms with Crippen LogP contribution in [-0.4, -0.2) is 168 Å². The lowest BCUT2D eigenvalue weighted by atomic mass is 9.92. The quantitative estimate of drug-likeness (QED) is 0.0502. The summed E-state index contributed by atoms with van der Waals surface area (Å²) in [6.45, 7) is 11.5. The van der Waals surface area contributed by atoms with Crippen LogP contribution in [0.15, 0.2) is 54.6 Å². The van der Waals surface area contributed by atoms with E-state index in [0.717, 1.165) is 5.56 Å². The number of aliphatic carboxylic acids is 1. The maximum Gasteiger partial charge on any atom is 0.347 e. The molecule has 2 saturated heterocycles. The van der Waals surface area contributed by atoms with E-state index in [9.17, 15) is 58.5 Å². The number of carboxylic acids is 1. The summed E-state index contributed by atoms with van der Waals surface area (Å²) in [6, 6.07) is 8.51. The Morgan fingerprint density at radius 1 is 0.824 bits per heavy atom. The third-order valence-electron chi connectivity index (χ3n) is 14.8. The normalized spacial score (nSPS) is 26.1. The molecule has 0 saturated carbocycles. The van der Waals surface area contributed by atoms with Gasteiger partial charge in [-0.15, -0.1) is 0 Å². The first kappa shape index (κ1) is 69.0. The van der Waals surface area contributed by atoms with Gasteiger partial charge < -0.3 is 80.7 Å². The van der Waals surface area contributed by atoms with Gasteiger partial charge in [0.15, 0.2) is 12.4 Å². The first-order valence-electron chi connectivity index (χ1n) is 28.4. The number of rotatable bonds is 25. The van der Waals surface area contributed by atoms with Crippen LogP contribution in [0.25, 0.3) is 0 Å². The zero-order valence-corrected chi connectivity index (χ0v) is 50.2. The van der Waals surface area contributed by atoms with Crippen LogP contribution in [0.5, 0.6) is 5.75 Å². The number of esters is 2. The van der Waals surface area contributed by atoms with Crippen molar-refractivity contribution < 1.29 is 92.0 Å². The second kappa shape index (κ2) is 32.1. The molecule has 5 rings (SSSR count). The minimum Gasteiger partial charge on any atom is -0.495 e. The van der Waals surface area contributed by atoms with Crippen molar-refractivity contribution in [1.29, 1.82) is 0 Å². The Balaban J connectivity index is 1.28. The van der Waals surface area contributed by atoms with Gasteiger partial charge in [0, 0.05) is 64.8 Å². The molecule has 13 atom stereocenters. The van der Waals surface area contributed by atoms with Gasteiger partial charge in [0.25, 0.3) is 0 Å². The van der Waals surface area contributed by atoms with Crippen molar-refractivity contribution in [3.8, 4) is 5.75 Å². The van der Waals surface area contributed by atoms with E-state index in [1.165, 1.54) is 26.4 Å². The number of amides is 6. The number of carbonyl (C=O) groups excluding carboxylic acids is 8. The summed E-state index contributed by atoms with van der Waals surface area (Å²) in [5.41, 5.74) is 0.681. The molecule has 2 fully saturated rings. The Hall–Kier alpha value is -6.74. The van der Waals surface area contributed by atoms with Crippen LogP contribution in [0.3, 0.4) is 0 Å². The maximum atomic E-state index is 14.0. The number of hydrogen-bond donors (Lipinski definition) is 10. The highest BCUT2D eigenvalue weighted by Crippen LogP contribution is 2.45. The molecule has 0 spiro atoms. The molecule has 25 nitrogen and oxygen atoms in total. The third-order valence-corrected chi connectivity index (χ3v) is 15.1. The highest BCUT2D eigenvalue weighted by atomic mass is 35.5. The predicted molar refractivity (Wildman–Crippen MR) is 305 cm³/mol. The molecule has 2 aromatic rings. The van der Waals surface area contributed by atoms with Crippen LogP contribution in [0.2, 0.25) is 5.02 Å². The predicted octanol–water partition coefficient (Wildman–Crippen LogP) is 1.97. The monoisotopic (exact) mass is 1210 g/mol. The zero-order chi connectivity index (χ0) is 62.9. The number of epoxide rings is 1. The average Bonchev–Trinajstić information content (AvgIpc) is 2.77. The Morgan fingerprint density at radius 3 is 2.15 bits per heavy atom. The van der Waals surface area contributed by atoms with Crippen LogP contribution in [0.4, 0.5) is 0 Å². The second-order valence-corrected chi connectivity index (χ2v) is 23.4. The number of ether oxygens (including phenoxy) is 6.